The number of nitro benzene ring substituents is 1. The molecule has 10 nitrogen and oxygen atoms in total. The molecule has 39 heavy (non-hydrogen) atoms. The normalized spacial score (nSPS) is 12.7. The number of benzene rings is 3. The van der Waals surface area contributed by atoms with Gasteiger partial charge in [-0.25, -0.2) is 17.6 Å². The number of sulfonamides is 1. The highest BCUT2D eigenvalue weighted by molar-refractivity contribution is 7.92. The van der Waals surface area contributed by atoms with E-state index in [2.05, 4.69) is 23.9 Å². The fourth-order valence-corrected chi connectivity index (χ4v) is 5.11. The number of anilines is 1. The lowest BCUT2D eigenvalue weighted by Gasteiger charge is -2.27. The summed E-state index contributed by atoms with van der Waals surface area (Å²) in [4.78, 5) is 10.6. The zero-order chi connectivity index (χ0) is 28.0. The van der Waals surface area contributed by atoms with Crippen LogP contribution in [0.4, 0.5) is 11.4 Å². The fourth-order valence-electron chi connectivity index (χ4n) is 4.04. The van der Waals surface area contributed by atoms with E-state index >= 15 is 0 Å². The molecular weight excluding hydrogens is 518 g/mol. The van der Waals surface area contributed by atoms with Gasteiger partial charge in [-0.1, -0.05) is 30.3 Å². The molecule has 0 spiro atoms. The molecule has 0 aliphatic heterocycles. The minimum absolute atomic E-state index is 0.0500. The molecule has 0 amide bonds. The molecule has 0 fully saturated rings. The number of nitrogens with one attached hydrogen (secondary N) is 2. The molecule has 0 saturated carbocycles. The molecule has 1 atom stereocenters. The van der Waals surface area contributed by atoms with Crippen molar-refractivity contribution in [3.8, 4) is 5.69 Å². The number of rotatable bonds is 12. The smallest absolute Gasteiger partial charge is 0.269 e. The first-order valence-electron chi connectivity index (χ1n) is 12.5. The van der Waals surface area contributed by atoms with Crippen LogP contribution in [0.3, 0.4) is 0 Å². The van der Waals surface area contributed by atoms with Crippen molar-refractivity contribution >= 4 is 21.4 Å². The first kappa shape index (κ1) is 28.0. The molecule has 1 unspecified atom stereocenters. The third-order valence-electron chi connectivity index (χ3n) is 6.40. The second-order valence-corrected chi connectivity index (χ2v) is 11.6. The van der Waals surface area contributed by atoms with E-state index in [1.807, 2.05) is 27.9 Å². The molecule has 0 bridgehead atoms. The lowest BCUT2D eigenvalue weighted by molar-refractivity contribution is -0.697. The van der Waals surface area contributed by atoms with E-state index in [0.29, 0.717) is 17.8 Å². The monoisotopic (exact) mass is 550 g/mol. The summed E-state index contributed by atoms with van der Waals surface area (Å²) in [6.45, 7) is 5.11. The summed E-state index contributed by atoms with van der Waals surface area (Å²) in [5.74, 6) is 0. The minimum Gasteiger partial charge on any atom is -0.387 e. The number of aryl methyl sites for hydroxylation is 1. The van der Waals surface area contributed by atoms with Gasteiger partial charge in [0.05, 0.1) is 22.5 Å². The zero-order valence-corrected chi connectivity index (χ0v) is 22.6. The number of hydrogen-bond acceptors (Lipinski definition) is 6. The van der Waals surface area contributed by atoms with E-state index in [9.17, 15) is 23.6 Å². The van der Waals surface area contributed by atoms with Crippen LogP contribution >= 0.6 is 0 Å². The molecular formula is C28H32N5O5S+. The van der Waals surface area contributed by atoms with E-state index in [1.54, 1.807) is 54.6 Å². The highest BCUT2D eigenvalue weighted by Crippen LogP contribution is 2.21. The number of aromatic nitrogens is 2. The molecule has 4 rings (SSSR count). The Balaban J connectivity index is 1.31. The molecule has 0 aliphatic rings. The van der Waals surface area contributed by atoms with Crippen LogP contribution in [-0.2, 0) is 16.6 Å². The van der Waals surface area contributed by atoms with Crippen LogP contribution in [-0.4, -0.2) is 35.1 Å². The van der Waals surface area contributed by atoms with E-state index < -0.39 is 21.1 Å². The number of imidazole rings is 1. The van der Waals surface area contributed by atoms with E-state index in [4.69, 9.17) is 0 Å². The second-order valence-electron chi connectivity index (χ2n) is 9.91. The van der Waals surface area contributed by atoms with Crippen LogP contribution in [0.15, 0.2) is 102 Å². The molecule has 0 radical (unpaired) electrons. The van der Waals surface area contributed by atoms with Crippen LogP contribution in [0, 0.1) is 10.1 Å². The number of non-ortho nitro benzene ring substituents is 1. The predicted molar refractivity (Wildman–Crippen MR) is 148 cm³/mol. The summed E-state index contributed by atoms with van der Waals surface area (Å²) in [5.41, 5.74) is 1.56. The Kier molecular flexibility index (Phi) is 8.44. The van der Waals surface area contributed by atoms with Gasteiger partial charge in [-0.3, -0.25) is 14.8 Å². The Hall–Kier alpha value is -4.06. The highest BCUT2D eigenvalue weighted by atomic mass is 32.2. The van der Waals surface area contributed by atoms with Gasteiger partial charge in [-0.05, 0) is 55.8 Å². The number of nitro groups is 1. The maximum absolute atomic E-state index is 12.6. The number of aliphatic hydroxyl groups is 1. The third kappa shape index (κ3) is 7.50. The first-order valence-corrected chi connectivity index (χ1v) is 13.9. The molecule has 1 heterocycles. The van der Waals surface area contributed by atoms with Gasteiger partial charge in [0.15, 0.2) is 0 Å². The zero-order valence-electron chi connectivity index (χ0n) is 21.8. The van der Waals surface area contributed by atoms with Crippen LogP contribution in [0.2, 0.25) is 0 Å². The Morgan fingerprint density at radius 2 is 1.77 bits per heavy atom. The van der Waals surface area contributed by atoms with Crippen molar-refractivity contribution < 1.29 is 23.0 Å². The van der Waals surface area contributed by atoms with Gasteiger partial charge < -0.3 is 10.4 Å². The number of nitrogens with zero attached hydrogens (tertiary/aromatic N) is 3. The van der Waals surface area contributed by atoms with Gasteiger partial charge >= 0.3 is 0 Å². The maximum Gasteiger partial charge on any atom is 0.269 e. The van der Waals surface area contributed by atoms with Crippen molar-refractivity contribution in [2.45, 2.75) is 43.4 Å². The minimum atomic E-state index is -3.72. The van der Waals surface area contributed by atoms with Crippen molar-refractivity contribution in [1.82, 2.24) is 9.88 Å². The van der Waals surface area contributed by atoms with Crippen molar-refractivity contribution in [2.24, 2.45) is 0 Å². The predicted octanol–water partition coefficient (Wildman–Crippen LogP) is 3.97. The van der Waals surface area contributed by atoms with Crippen LogP contribution in [0.1, 0.15) is 31.9 Å². The van der Waals surface area contributed by atoms with Gasteiger partial charge in [-0.15, -0.1) is 0 Å². The molecule has 204 valence electrons. The van der Waals surface area contributed by atoms with Gasteiger partial charge in [0.1, 0.15) is 18.1 Å². The standard InChI is InChI=1S/C28H32N5O5S/c1-28(2,15-16-31-17-18-32(21-31)24-11-13-25(14-12-24)33(35)36)29-20-27(34)22-7-6-8-23(19-22)30-39(37,38)26-9-4-3-5-10-26/h3-14,17-19,21,27,29-30,34H,15-16,20H2,1-2H3/q+1. The summed E-state index contributed by atoms with van der Waals surface area (Å²) in [5, 5.41) is 25.1. The average molecular weight is 551 g/mol. The lowest BCUT2D eigenvalue weighted by atomic mass is 9.99. The molecule has 11 heteroatoms. The average Bonchev–Trinajstić information content (AvgIpc) is 3.40. The largest absolute Gasteiger partial charge is 0.387 e. The van der Waals surface area contributed by atoms with Crippen molar-refractivity contribution in [1.29, 1.82) is 0 Å². The summed E-state index contributed by atoms with van der Waals surface area (Å²) >= 11 is 0. The first-order chi connectivity index (χ1) is 18.5. The van der Waals surface area contributed by atoms with Gasteiger partial charge in [0.25, 0.3) is 15.7 Å². The molecule has 3 aromatic carbocycles. The van der Waals surface area contributed by atoms with Crippen LogP contribution in [0.25, 0.3) is 5.69 Å². The molecule has 0 aliphatic carbocycles. The van der Waals surface area contributed by atoms with Crippen molar-refractivity contribution in [3.05, 3.63) is 113 Å². The quantitative estimate of drug-likeness (QED) is 0.139. The highest BCUT2D eigenvalue weighted by Gasteiger charge is 2.21. The summed E-state index contributed by atoms with van der Waals surface area (Å²) in [6.07, 6.45) is 5.69. The summed E-state index contributed by atoms with van der Waals surface area (Å²) in [7, 11) is -3.72. The molecule has 3 N–H and O–H groups in total. The van der Waals surface area contributed by atoms with Crippen molar-refractivity contribution in [2.75, 3.05) is 11.3 Å². The van der Waals surface area contributed by atoms with Crippen LogP contribution < -0.4 is 14.6 Å². The third-order valence-corrected chi connectivity index (χ3v) is 7.79. The van der Waals surface area contributed by atoms with Crippen molar-refractivity contribution in [3.63, 3.8) is 0 Å². The molecule has 1 aromatic heterocycles. The van der Waals surface area contributed by atoms with E-state index in [0.717, 1.165) is 12.1 Å². The second kappa shape index (κ2) is 11.8. The fraction of sp³-hybridized carbons (Fsp3) is 0.250. The lowest BCUT2D eigenvalue weighted by Crippen LogP contribution is -2.45. The van der Waals surface area contributed by atoms with Gasteiger partial charge in [0, 0.05) is 36.3 Å². The van der Waals surface area contributed by atoms with E-state index in [1.165, 1.54) is 24.3 Å². The number of hydrogen-bond donors (Lipinski definition) is 3. The molecule has 4 aromatic rings. The van der Waals surface area contributed by atoms with Gasteiger partial charge in [0.2, 0.25) is 6.33 Å². The van der Waals surface area contributed by atoms with Crippen LogP contribution in [0.5, 0.6) is 0 Å². The number of aliphatic hydroxyl groups excluding tert-OH is 1. The Morgan fingerprint density at radius 3 is 2.46 bits per heavy atom. The van der Waals surface area contributed by atoms with E-state index in [-0.39, 0.29) is 22.7 Å². The topological polar surface area (TPSA) is 130 Å². The Morgan fingerprint density at radius 1 is 1.05 bits per heavy atom. The van der Waals surface area contributed by atoms with Gasteiger partial charge in [-0.2, -0.15) is 0 Å². The number of β-amino-alcohol motifs (C(OH)–C–C–N with tert-alkyl or cyclic N) is 1. The SMILES string of the molecule is CC(C)(CC[n+]1ccn(-c2ccc([N+](=O)[O-])cc2)c1)NCC(O)c1cccc(NS(=O)(=O)c2ccccc2)c1. The summed E-state index contributed by atoms with van der Waals surface area (Å²) < 4.78 is 31.8. The summed E-state index contributed by atoms with van der Waals surface area (Å²) in [6, 6.07) is 21.2. The Labute approximate surface area is 227 Å². The Bertz CT molecular complexity index is 1520. The molecule has 0 saturated heterocycles. The maximum atomic E-state index is 12.6.